The van der Waals surface area contributed by atoms with Gasteiger partial charge in [0.2, 0.25) is 0 Å². The molecule has 0 spiro atoms. The molecular weight excluding hydrogens is 310 g/mol. The summed E-state index contributed by atoms with van der Waals surface area (Å²) in [5.41, 5.74) is 7.65. The minimum absolute atomic E-state index is 0.100. The van der Waals surface area contributed by atoms with Crippen molar-refractivity contribution in [2.24, 2.45) is 0 Å². The number of imidazole rings is 1. The Bertz CT molecular complexity index is 930. The Morgan fingerprint density at radius 3 is 2.40 bits per heavy atom. The van der Waals surface area contributed by atoms with Crippen molar-refractivity contribution in [3.05, 3.63) is 64.1 Å². The van der Waals surface area contributed by atoms with Crippen LogP contribution in [0.4, 0.5) is 5.69 Å². The summed E-state index contributed by atoms with van der Waals surface area (Å²) in [6, 6.07) is 8.17. The fourth-order valence-corrected chi connectivity index (χ4v) is 3.40. The summed E-state index contributed by atoms with van der Waals surface area (Å²) in [5, 5.41) is 3.12. The summed E-state index contributed by atoms with van der Waals surface area (Å²) in [6.45, 7) is 10.3. The number of hydrogen-bond donors (Lipinski definition) is 1. The van der Waals surface area contributed by atoms with Gasteiger partial charge in [-0.2, -0.15) is 0 Å². The third kappa shape index (κ3) is 3.29. The molecule has 0 radical (unpaired) electrons. The molecule has 1 aromatic carbocycles. The molecule has 0 bridgehead atoms. The van der Waals surface area contributed by atoms with Crippen molar-refractivity contribution >= 4 is 17.2 Å². The lowest BCUT2D eigenvalue weighted by Crippen LogP contribution is -2.18. The van der Waals surface area contributed by atoms with Crippen LogP contribution in [-0.2, 0) is 6.42 Å². The first-order valence-corrected chi connectivity index (χ1v) is 8.77. The maximum atomic E-state index is 13.1. The van der Waals surface area contributed by atoms with Crippen molar-refractivity contribution in [1.82, 2.24) is 9.38 Å². The molecule has 4 heteroatoms. The van der Waals surface area contributed by atoms with Gasteiger partial charge in [0.1, 0.15) is 11.3 Å². The Labute approximate surface area is 148 Å². The van der Waals surface area contributed by atoms with E-state index < -0.39 is 0 Å². The number of aryl methyl sites for hydroxylation is 5. The van der Waals surface area contributed by atoms with Gasteiger partial charge in [0, 0.05) is 11.9 Å². The van der Waals surface area contributed by atoms with Crippen LogP contribution in [0.5, 0.6) is 0 Å². The topological polar surface area (TPSA) is 46.4 Å². The predicted octanol–water partition coefficient (Wildman–Crippen LogP) is 4.77. The monoisotopic (exact) mass is 335 g/mol. The van der Waals surface area contributed by atoms with Gasteiger partial charge in [-0.25, -0.2) is 4.98 Å². The van der Waals surface area contributed by atoms with Crippen LogP contribution in [0, 0.1) is 27.7 Å². The molecule has 0 saturated heterocycles. The largest absolute Gasteiger partial charge is 0.320 e. The molecule has 0 aliphatic heterocycles. The molecule has 130 valence electrons. The van der Waals surface area contributed by atoms with Gasteiger partial charge < -0.3 is 5.32 Å². The van der Waals surface area contributed by atoms with Crippen LogP contribution in [0.3, 0.4) is 0 Å². The number of anilines is 1. The van der Waals surface area contributed by atoms with Crippen molar-refractivity contribution in [3.63, 3.8) is 0 Å². The van der Waals surface area contributed by atoms with Crippen molar-refractivity contribution in [3.8, 4) is 0 Å². The molecule has 3 rings (SSSR count). The quantitative estimate of drug-likeness (QED) is 0.746. The molecule has 0 aliphatic carbocycles. The predicted molar refractivity (Wildman–Crippen MR) is 103 cm³/mol. The van der Waals surface area contributed by atoms with Crippen molar-refractivity contribution < 1.29 is 4.79 Å². The van der Waals surface area contributed by atoms with Crippen LogP contribution in [-0.4, -0.2) is 15.3 Å². The van der Waals surface area contributed by atoms with E-state index in [9.17, 15) is 4.79 Å². The summed E-state index contributed by atoms with van der Waals surface area (Å²) in [4.78, 5) is 17.8. The molecule has 25 heavy (non-hydrogen) atoms. The smallest absolute Gasteiger partial charge is 0.274 e. The molecule has 0 fully saturated rings. The van der Waals surface area contributed by atoms with Gasteiger partial charge in [0.05, 0.1) is 5.69 Å². The van der Waals surface area contributed by atoms with Gasteiger partial charge in [-0.1, -0.05) is 37.1 Å². The Balaban J connectivity index is 2.07. The fourth-order valence-electron chi connectivity index (χ4n) is 3.40. The maximum Gasteiger partial charge on any atom is 0.274 e. The number of nitrogens with zero attached hydrogens (tertiary/aromatic N) is 2. The van der Waals surface area contributed by atoms with Gasteiger partial charge in [0.15, 0.2) is 0 Å². The molecule has 1 N–H and O–H groups in total. The van der Waals surface area contributed by atoms with Crippen LogP contribution >= 0.6 is 0 Å². The second kappa shape index (κ2) is 6.71. The number of rotatable bonds is 4. The van der Waals surface area contributed by atoms with E-state index >= 15 is 0 Å². The number of carbonyl (C=O) groups is 1. The van der Waals surface area contributed by atoms with E-state index in [1.165, 1.54) is 5.56 Å². The molecule has 0 saturated carbocycles. The minimum atomic E-state index is -0.100. The van der Waals surface area contributed by atoms with E-state index in [1.54, 1.807) is 0 Å². The van der Waals surface area contributed by atoms with Gasteiger partial charge in [-0.15, -0.1) is 0 Å². The molecule has 4 nitrogen and oxygen atoms in total. The minimum Gasteiger partial charge on any atom is -0.320 e. The summed E-state index contributed by atoms with van der Waals surface area (Å²) in [7, 11) is 0. The SMILES string of the molecule is CCCc1nc2ccc(C)cn2c1C(=O)Nc1c(C)cc(C)cc1C. The standard InChI is InChI=1S/C21H25N3O/c1-6-7-17-20(24-12-13(2)8-9-18(24)22-17)21(25)23-19-15(4)10-14(3)11-16(19)5/h8-12H,6-7H2,1-5H3,(H,23,25). The first-order chi connectivity index (χ1) is 11.9. The van der Waals surface area contributed by atoms with E-state index in [0.717, 1.165) is 46.6 Å². The summed E-state index contributed by atoms with van der Waals surface area (Å²) in [6.07, 6.45) is 3.71. The van der Waals surface area contributed by atoms with E-state index in [2.05, 4.69) is 36.3 Å². The number of nitrogens with one attached hydrogen (secondary N) is 1. The number of hydrogen-bond acceptors (Lipinski definition) is 2. The van der Waals surface area contributed by atoms with E-state index in [4.69, 9.17) is 0 Å². The Kier molecular flexibility index (Phi) is 4.62. The number of amides is 1. The number of fused-ring (bicyclic) bond motifs is 1. The zero-order valence-electron chi connectivity index (χ0n) is 15.6. The average molecular weight is 335 g/mol. The summed E-state index contributed by atoms with van der Waals surface area (Å²) >= 11 is 0. The number of aromatic nitrogens is 2. The Morgan fingerprint density at radius 1 is 1.08 bits per heavy atom. The lowest BCUT2D eigenvalue weighted by Gasteiger charge is -2.13. The second-order valence-corrected chi connectivity index (χ2v) is 6.82. The van der Waals surface area contributed by atoms with Crippen molar-refractivity contribution in [2.75, 3.05) is 5.32 Å². The highest BCUT2D eigenvalue weighted by molar-refractivity contribution is 6.05. The van der Waals surface area contributed by atoms with E-state index in [-0.39, 0.29) is 5.91 Å². The van der Waals surface area contributed by atoms with Crippen LogP contribution in [0.2, 0.25) is 0 Å². The highest BCUT2D eigenvalue weighted by atomic mass is 16.2. The summed E-state index contributed by atoms with van der Waals surface area (Å²) < 4.78 is 1.91. The second-order valence-electron chi connectivity index (χ2n) is 6.82. The van der Waals surface area contributed by atoms with Gasteiger partial charge in [-0.3, -0.25) is 9.20 Å². The fraction of sp³-hybridized carbons (Fsp3) is 0.333. The third-order valence-corrected chi connectivity index (χ3v) is 4.46. The van der Waals surface area contributed by atoms with E-state index in [0.29, 0.717) is 5.69 Å². The van der Waals surface area contributed by atoms with Crippen LogP contribution in [0.15, 0.2) is 30.5 Å². The summed E-state index contributed by atoms with van der Waals surface area (Å²) in [5.74, 6) is -0.100. The zero-order chi connectivity index (χ0) is 18.1. The van der Waals surface area contributed by atoms with E-state index in [1.807, 2.05) is 43.5 Å². The molecule has 1 amide bonds. The average Bonchev–Trinajstić information content (AvgIpc) is 2.88. The van der Waals surface area contributed by atoms with Crippen LogP contribution < -0.4 is 5.32 Å². The Hall–Kier alpha value is -2.62. The highest BCUT2D eigenvalue weighted by Crippen LogP contribution is 2.24. The lowest BCUT2D eigenvalue weighted by atomic mass is 10.0. The highest BCUT2D eigenvalue weighted by Gasteiger charge is 2.20. The Morgan fingerprint density at radius 2 is 1.76 bits per heavy atom. The van der Waals surface area contributed by atoms with Gasteiger partial charge in [0.25, 0.3) is 5.91 Å². The molecule has 3 aromatic rings. The van der Waals surface area contributed by atoms with Crippen molar-refractivity contribution in [1.29, 1.82) is 0 Å². The first kappa shape index (κ1) is 17.2. The zero-order valence-corrected chi connectivity index (χ0v) is 15.6. The van der Waals surface area contributed by atoms with Crippen LogP contribution in [0.1, 0.15) is 51.8 Å². The first-order valence-electron chi connectivity index (χ1n) is 8.77. The molecule has 0 aliphatic rings. The number of pyridine rings is 1. The van der Waals surface area contributed by atoms with Gasteiger partial charge in [-0.05, 0) is 56.9 Å². The molecule has 2 aromatic heterocycles. The molecule has 2 heterocycles. The van der Waals surface area contributed by atoms with Crippen LogP contribution in [0.25, 0.3) is 5.65 Å². The number of carbonyl (C=O) groups excluding carboxylic acids is 1. The molecule has 0 atom stereocenters. The normalized spacial score (nSPS) is 11.1. The number of benzene rings is 1. The lowest BCUT2D eigenvalue weighted by molar-refractivity contribution is 0.102. The third-order valence-electron chi connectivity index (χ3n) is 4.46. The van der Waals surface area contributed by atoms with Gasteiger partial charge >= 0.3 is 0 Å². The maximum absolute atomic E-state index is 13.1. The molecule has 0 unspecified atom stereocenters. The molecular formula is C21H25N3O. The van der Waals surface area contributed by atoms with Crippen molar-refractivity contribution in [2.45, 2.75) is 47.5 Å².